The van der Waals surface area contributed by atoms with Gasteiger partial charge in [-0.15, -0.1) is 0 Å². The fourth-order valence-electron chi connectivity index (χ4n) is 7.88. The van der Waals surface area contributed by atoms with Crippen molar-refractivity contribution < 1.29 is 19.1 Å². The molecule has 5 atom stereocenters. The van der Waals surface area contributed by atoms with E-state index in [0.717, 1.165) is 75.1 Å². The molecule has 0 spiro atoms. The predicted octanol–water partition coefficient (Wildman–Crippen LogP) is 9.49. The molecule has 2 N–H and O–H groups in total. The number of fused-ring (bicyclic) bond motifs is 5. The lowest BCUT2D eigenvalue weighted by Gasteiger charge is -2.29. The maximum Gasteiger partial charge on any atom is 0.411 e. The van der Waals surface area contributed by atoms with E-state index in [0.29, 0.717) is 10.9 Å². The number of aromatic nitrogens is 4. The normalized spacial score (nSPS) is 23.7. The number of likely N-dealkylation sites (tertiary alicyclic amines) is 2. The Balaban J connectivity index is 0.957. The number of imidazole rings is 2. The number of nitrogens with one attached hydrogen (secondary N) is 2. The number of piperidine rings is 1. The van der Waals surface area contributed by atoms with Gasteiger partial charge in [0.15, 0.2) is 0 Å². The van der Waals surface area contributed by atoms with Crippen molar-refractivity contribution in [1.82, 2.24) is 29.7 Å². The molecule has 0 unspecified atom stereocenters. The highest BCUT2D eigenvalue weighted by molar-refractivity contribution is 6.37. The molecule has 51 heavy (non-hydrogen) atoms. The second-order valence-corrected chi connectivity index (χ2v) is 16.8. The zero-order valence-corrected chi connectivity index (χ0v) is 30.3. The number of H-pyrrole nitrogens is 2. The van der Waals surface area contributed by atoms with Gasteiger partial charge in [-0.2, -0.15) is 0 Å². The van der Waals surface area contributed by atoms with Crippen molar-refractivity contribution >= 4 is 45.6 Å². The van der Waals surface area contributed by atoms with Crippen LogP contribution in [0.15, 0.2) is 66.4 Å². The maximum absolute atomic E-state index is 13.2. The highest BCUT2D eigenvalue weighted by Gasteiger charge is 2.56. The zero-order valence-electron chi connectivity index (χ0n) is 29.6. The Morgan fingerprint density at radius 3 is 2.22 bits per heavy atom. The molecule has 4 heterocycles. The SMILES string of the molecule is CC(C)(C)OC(=O)N1[C@@H]2C=C2C[C@H]1c1nc2c(cc(Cl)c3cc(-c4ccc(-c5cnc([C@@H]6C[C@H]7C[C@H]7N6C(=O)OC(C)(C)C)[nH]5)cc4)ccc32)[nH]1. The minimum absolute atomic E-state index is 0.00923. The van der Waals surface area contributed by atoms with E-state index in [9.17, 15) is 9.59 Å². The number of halogens is 1. The predicted molar refractivity (Wildman–Crippen MR) is 196 cm³/mol. The van der Waals surface area contributed by atoms with Gasteiger partial charge in [-0.1, -0.05) is 54.1 Å². The number of aromatic amines is 2. The van der Waals surface area contributed by atoms with Crippen LogP contribution in [0.4, 0.5) is 9.59 Å². The second-order valence-electron chi connectivity index (χ2n) is 16.4. The summed E-state index contributed by atoms with van der Waals surface area (Å²) in [5, 5.41) is 2.48. The minimum atomic E-state index is -0.583. The Hall–Kier alpha value is -4.83. The molecule has 9 rings (SSSR count). The maximum atomic E-state index is 13.2. The molecule has 3 fully saturated rings. The second kappa shape index (κ2) is 11.1. The average Bonchev–Trinajstić information content (AvgIpc) is 3.68. The van der Waals surface area contributed by atoms with Gasteiger partial charge >= 0.3 is 12.2 Å². The first-order chi connectivity index (χ1) is 24.2. The molecule has 10 nitrogen and oxygen atoms in total. The van der Waals surface area contributed by atoms with Gasteiger partial charge in [-0.05, 0) is 101 Å². The van der Waals surface area contributed by atoms with E-state index in [2.05, 4.69) is 58.5 Å². The first-order valence-electron chi connectivity index (χ1n) is 17.7. The first kappa shape index (κ1) is 32.1. The van der Waals surface area contributed by atoms with Gasteiger partial charge in [0.1, 0.15) is 22.9 Å². The van der Waals surface area contributed by atoms with Crippen molar-refractivity contribution in [3.63, 3.8) is 0 Å². The summed E-state index contributed by atoms with van der Waals surface area (Å²) >= 11 is 6.90. The summed E-state index contributed by atoms with van der Waals surface area (Å²) in [7, 11) is 0. The monoisotopic (exact) mass is 704 g/mol. The van der Waals surface area contributed by atoms with Gasteiger partial charge in [-0.3, -0.25) is 9.80 Å². The first-order valence-corrected chi connectivity index (χ1v) is 18.1. The van der Waals surface area contributed by atoms with Crippen molar-refractivity contribution in [3.8, 4) is 22.4 Å². The summed E-state index contributed by atoms with van der Waals surface area (Å²) in [6.45, 7) is 11.3. The van der Waals surface area contributed by atoms with E-state index in [1.165, 1.54) is 5.57 Å². The molecule has 0 radical (unpaired) electrons. The number of hydrogen-bond acceptors (Lipinski definition) is 6. The lowest BCUT2D eigenvalue weighted by Crippen LogP contribution is -2.39. The van der Waals surface area contributed by atoms with E-state index in [1.807, 2.05) is 58.7 Å². The van der Waals surface area contributed by atoms with E-state index in [-0.39, 0.29) is 36.4 Å². The smallest absolute Gasteiger partial charge is 0.411 e. The van der Waals surface area contributed by atoms with E-state index < -0.39 is 11.2 Å². The molecule has 262 valence electrons. The molecule has 11 heteroatoms. The van der Waals surface area contributed by atoms with Crippen LogP contribution >= 0.6 is 11.6 Å². The van der Waals surface area contributed by atoms with Gasteiger partial charge in [-0.25, -0.2) is 19.6 Å². The number of carbonyl (C=O) groups excluding carboxylic acids is 2. The number of rotatable bonds is 4. The lowest BCUT2D eigenvalue weighted by atomic mass is 9.99. The molecule has 4 aliphatic rings. The zero-order chi connectivity index (χ0) is 35.6. The van der Waals surface area contributed by atoms with E-state index >= 15 is 0 Å². The van der Waals surface area contributed by atoms with Gasteiger partial charge in [0.25, 0.3) is 0 Å². The van der Waals surface area contributed by atoms with Gasteiger partial charge in [0.2, 0.25) is 0 Å². The Kier molecular flexibility index (Phi) is 6.98. The van der Waals surface area contributed by atoms with Crippen molar-refractivity contribution in [3.05, 3.63) is 83.0 Å². The largest absolute Gasteiger partial charge is 0.444 e. The average molecular weight is 705 g/mol. The molecule has 0 bridgehead atoms. The van der Waals surface area contributed by atoms with Crippen LogP contribution in [0.1, 0.15) is 84.5 Å². The third-order valence-corrected chi connectivity index (χ3v) is 10.6. The quantitative estimate of drug-likeness (QED) is 0.180. The molecule has 3 aromatic carbocycles. The Labute approximate surface area is 301 Å². The summed E-state index contributed by atoms with van der Waals surface area (Å²) in [5.74, 6) is 2.04. The summed E-state index contributed by atoms with van der Waals surface area (Å²) in [5.41, 5.74) is 5.77. The van der Waals surface area contributed by atoms with Gasteiger partial charge in [0, 0.05) is 16.8 Å². The third kappa shape index (κ3) is 5.73. The molecule has 2 amide bonds. The third-order valence-electron chi connectivity index (χ3n) is 10.3. The summed E-state index contributed by atoms with van der Waals surface area (Å²) in [6.07, 6.45) is 6.03. The molecule has 2 saturated heterocycles. The van der Waals surface area contributed by atoms with Crippen LogP contribution in [-0.2, 0) is 9.47 Å². The van der Waals surface area contributed by atoms with Crippen LogP contribution in [0.5, 0.6) is 0 Å². The number of hydrogen-bond donors (Lipinski definition) is 2. The van der Waals surface area contributed by atoms with E-state index in [1.54, 1.807) is 4.90 Å². The Morgan fingerprint density at radius 2 is 1.49 bits per heavy atom. The Bertz CT molecular complexity index is 2280. The number of nitrogens with zero attached hydrogens (tertiary/aromatic N) is 4. The molecule has 2 aliphatic heterocycles. The number of carbonyl (C=O) groups is 2. The summed E-state index contributed by atoms with van der Waals surface area (Å²) < 4.78 is 11.5. The van der Waals surface area contributed by atoms with Crippen molar-refractivity contribution in [2.75, 3.05) is 0 Å². The number of ether oxygens (including phenoxy) is 2. The standard InChI is InChI=1S/C40H41ClN6O4/c1-39(2,3)50-37(48)46-30-14-23(30)16-32(46)35-42-19-29(44-35)21-9-7-20(8-10-21)22-11-12-25-26(13-22)27(41)18-28-34(25)45-36(43-28)33-17-24-15-31(24)47(33)38(49)51-40(4,5)6/h7-13,15,18-19,23,30-33H,14,16-17H2,1-6H3,(H,42,44)(H,43,45)/t23-,30-,31-,32+,33+/m1/s1. The van der Waals surface area contributed by atoms with Crippen molar-refractivity contribution in [2.45, 2.75) is 96.2 Å². The Morgan fingerprint density at radius 1 is 0.804 bits per heavy atom. The summed E-state index contributed by atoms with van der Waals surface area (Å²) in [4.78, 5) is 46.6. The fraction of sp³-hybridized carbons (Fsp3) is 0.400. The lowest BCUT2D eigenvalue weighted by molar-refractivity contribution is 0.0169. The molecular weight excluding hydrogens is 664 g/mol. The molecule has 2 aliphatic carbocycles. The molecule has 1 saturated carbocycles. The summed E-state index contributed by atoms with van der Waals surface area (Å²) in [6, 6.07) is 16.5. The minimum Gasteiger partial charge on any atom is -0.444 e. The highest BCUT2D eigenvalue weighted by atomic mass is 35.5. The van der Waals surface area contributed by atoms with Crippen LogP contribution in [0.2, 0.25) is 5.02 Å². The van der Waals surface area contributed by atoms with Crippen molar-refractivity contribution in [1.29, 1.82) is 0 Å². The van der Waals surface area contributed by atoms with Crippen LogP contribution in [-0.4, -0.2) is 65.2 Å². The van der Waals surface area contributed by atoms with Crippen LogP contribution < -0.4 is 0 Å². The number of amides is 2. The van der Waals surface area contributed by atoms with Gasteiger partial charge in [0.05, 0.1) is 46.1 Å². The number of benzene rings is 3. The highest BCUT2D eigenvalue weighted by Crippen LogP contribution is 2.53. The van der Waals surface area contributed by atoms with Crippen LogP contribution in [0, 0.1) is 5.92 Å². The van der Waals surface area contributed by atoms with E-state index in [4.69, 9.17) is 31.0 Å². The van der Waals surface area contributed by atoms with Crippen LogP contribution in [0.3, 0.4) is 0 Å². The van der Waals surface area contributed by atoms with Crippen molar-refractivity contribution in [2.24, 2.45) is 5.92 Å². The fourth-order valence-corrected chi connectivity index (χ4v) is 8.15. The molecule has 5 aromatic rings. The molecule has 2 aromatic heterocycles. The molecular formula is C40H41ClN6O4. The topological polar surface area (TPSA) is 116 Å². The van der Waals surface area contributed by atoms with Gasteiger partial charge < -0.3 is 19.4 Å². The van der Waals surface area contributed by atoms with Crippen LogP contribution in [0.25, 0.3) is 44.2 Å².